The fraction of sp³-hybridized carbons (Fsp3) is 0.0345. The second-order valence-corrected chi connectivity index (χ2v) is 27.5. The van der Waals surface area contributed by atoms with Crippen molar-refractivity contribution >= 4 is 164 Å². The SMILES string of the molecule is Cc1cc(C)c(N2c3cc4c(cc3B3c5cc6c(cc5Oc5cc(-c7cccc8c7oc7ccccc78)cc2c53)Nc2cc(-c3cccc5c3oc3ccccc35)cc3c2B6c2ccccc2O3)B2c3ccccc3Oc3cc(-c5cccc6c5oc5ccccc56)cc(c32)O4)c(C)c1. The van der Waals surface area contributed by atoms with Crippen LogP contribution in [0.5, 0.6) is 46.0 Å². The van der Waals surface area contributed by atoms with E-state index in [2.05, 4.69) is 249 Å². The van der Waals surface area contributed by atoms with Gasteiger partial charge in [-0.25, -0.2) is 0 Å². The highest BCUT2D eigenvalue weighted by molar-refractivity contribution is 7.03. The molecule has 6 aliphatic heterocycles. The van der Waals surface area contributed by atoms with E-state index in [1.54, 1.807) is 0 Å². The molecule has 9 nitrogen and oxygen atoms in total. The van der Waals surface area contributed by atoms with Crippen molar-refractivity contribution < 1.29 is 32.2 Å². The van der Waals surface area contributed by atoms with Crippen LogP contribution in [0.1, 0.15) is 16.7 Å². The molecule has 99 heavy (non-hydrogen) atoms. The molecule has 0 saturated heterocycles. The Balaban J connectivity index is 0.775. The molecule has 0 amide bonds. The standard InChI is InChI=1S/C87H51B3N2O7/c1-45-33-46(2)84(47(3)34-45)92-68-44-76-65(89-61-27-8-13-32-74(61)94-79-39-50(40-80(96-76)83(79)89)53-22-16-25-59-56-19-6-11-30-72(56)99-87(53)59)42-63(68)90-64-41-62-66(43-75(64)95-78-38-49(36-69(92)82(78)90)52-21-15-24-58-55-18-5-10-29-71(55)98-86(52)58)91-67-35-48(37-77-81(67)88(62)60-26-7-12-31-73(60)93-77)51-20-14-23-57-54-17-4-9-28-70(54)97-85(51)57/h4-44,91H,1-3H3. The van der Waals surface area contributed by atoms with Crippen LogP contribution in [0.2, 0.25) is 0 Å². The summed E-state index contributed by atoms with van der Waals surface area (Å²) >= 11 is 0. The minimum absolute atomic E-state index is 0.197. The van der Waals surface area contributed by atoms with Crippen LogP contribution < -0.4 is 78.3 Å². The number of ether oxygens (including phenoxy) is 4. The molecule has 0 aliphatic carbocycles. The Bertz CT molecular complexity index is 6560. The van der Waals surface area contributed by atoms with Gasteiger partial charge in [0.15, 0.2) is 0 Å². The molecule has 0 unspecified atom stereocenters. The largest absolute Gasteiger partial charge is 0.458 e. The van der Waals surface area contributed by atoms with Crippen molar-refractivity contribution in [3.63, 3.8) is 0 Å². The van der Waals surface area contributed by atoms with E-state index in [0.29, 0.717) is 0 Å². The molecule has 0 atom stereocenters. The van der Waals surface area contributed by atoms with Crippen molar-refractivity contribution in [2.45, 2.75) is 20.8 Å². The van der Waals surface area contributed by atoms with Gasteiger partial charge in [0.1, 0.15) is 79.5 Å². The van der Waals surface area contributed by atoms with Gasteiger partial charge in [0.05, 0.1) is 5.69 Å². The lowest BCUT2D eigenvalue weighted by Crippen LogP contribution is -2.64. The van der Waals surface area contributed by atoms with Gasteiger partial charge in [0.25, 0.3) is 20.1 Å². The molecule has 14 aromatic carbocycles. The zero-order chi connectivity index (χ0) is 64.8. The zero-order valence-corrected chi connectivity index (χ0v) is 53.7. The molecule has 0 radical (unpaired) electrons. The van der Waals surface area contributed by atoms with E-state index in [0.717, 1.165) is 234 Å². The van der Waals surface area contributed by atoms with Gasteiger partial charge in [0, 0.05) is 89.4 Å². The summed E-state index contributed by atoms with van der Waals surface area (Å²) in [5.41, 5.74) is 29.1. The van der Waals surface area contributed by atoms with Crippen LogP contribution in [0.4, 0.5) is 28.4 Å². The molecule has 6 aliphatic rings. The number of fused-ring (bicyclic) bond motifs is 21. The van der Waals surface area contributed by atoms with Crippen molar-refractivity contribution in [2.24, 2.45) is 0 Å². The quantitative estimate of drug-likeness (QED) is 0.173. The highest BCUT2D eigenvalue weighted by Crippen LogP contribution is 2.51. The number of hydrogen-bond donors (Lipinski definition) is 1. The van der Waals surface area contributed by atoms with E-state index in [1.807, 2.05) is 30.3 Å². The molecular formula is C87H51B3N2O7. The molecule has 12 heteroatoms. The third kappa shape index (κ3) is 7.36. The van der Waals surface area contributed by atoms with Crippen LogP contribution in [0.3, 0.4) is 0 Å². The molecule has 1 N–H and O–H groups in total. The van der Waals surface area contributed by atoms with Crippen molar-refractivity contribution in [3.05, 3.63) is 265 Å². The van der Waals surface area contributed by atoms with Gasteiger partial charge in [-0.2, -0.15) is 0 Å². The lowest BCUT2D eigenvalue weighted by Gasteiger charge is -2.43. The van der Waals surface area contributed by atoms with E-state index >= 15 is 0 Å². The monoisotopic (exact) mass is 1270 g/mol. The molecule has 17 aromatic rings. The highest BCUT2D eigenvalue weighted by atomic mass is 16.5. The molecular weight excluding hydrogens is 1220 g/mol. The van der Waals surface area contributed by atoms with Crippen molar-refractivity contribution in [3.8, 4) is 79.4 Å². The first-order valence-corrected chi connectivity index (χ1v) is 33.9. The minimum atomic E-state index is -0.340. The summed E-state index contributed by atoms with van der Waals surface area (Å²) in [5.74, 6) is 6.23. The van der Waals surface area contributed by atoms with Gasteiger partial charge in [0.2, 0.25) is 0 Å². The third-order valence-electron chi connectivity index (χ3n) is 21.9. The molecule has 0 bridgehead atoms. The van der Waals surface area contributed by atoms with Crippen molar-refractivity contribution in [2.75, 3.05) is 10.2 Å². The van der Waals surface area contributed by atoms with E-state index in [1.165, 1.54) is 5.56 Å². The number of para-hydroxylation sites is 8. The summed E-state index contributed by atoms with van der Waals surface area (Å²) in [7, 11) is 0. The number of aryl methyl sites for hydroxylation is 3. The fourth-order valence-corrected chi connectivity index (χ4v) is 17.9. The van der Waals surface area contributed by atoms with Gasteiger partial charge in [-0.3, -0.25) is 0 Å². The van der Waals surface area contributed by atoms with Crippen LogP contribution in [0, 0.1) is 20.8 Å². The van der Waals surface area contributed by atoms with Crippen LogP contribution >= 0.6 is 0 Å². The van der Waals surface area contributed by atoms with E-state index < -0.39 is 0 Å². The second-order valence-electron chi connectivity index (χ2n) is 27.5. The first kappa shape index (κ1) is 53.7. The van der Waals surface area contributed by atoms with Gasteiger partial charge >= 0.3 is 0 Å². The van der Waals surface area contributed by atoms with E-state index in [9.17, 15) is 0 Å². The smallest absolute Gasteiger partial charge is 0.260 e. The normalized spacial score (nSPS) is 13.7. The number of rotatable bonds is 4. The van der Waals surface area contributed by atoms with Crippen molar-refractivity contribution in [1.82, 2.24) is 0 Å². The Kier molecular flexibility index (Phi) is 10.5. The van der Waals surface area contributed by atoms with Crippen LogP contribution in [0.25, 0.3) is 99.2 Å². The zero-order valence-electron chi connectivity index (χ0n) is 53.7. The summed E-state index contributed by atoms with van der Waals surface area (Å²) in [6, 6.07) is 88.8. The van der Waals surface area contributed by atoms with E-state index in [4.69, 9.17) is 32.2 Å². The van der Waals surface area contributed by atoms with Gasteiger partial charge < -0.3 is 42.4 Å². The Morgan fingerprint density at radius 2 is 0.717 bits per heavy atom. The average molecular weight is 1270 g/mol. The van der Waals surface area contributed by atoms with E-state index in [-0.39, 0.29) is 20.1 Å². The predicted octanol–water partition coefficient (Wildman–Crippen LogP) is 17.1. The number of nitrogens with one attached hydrogen (secondary N) is 1. The van der Waals surface area contributed by atoms with Crippen LogP contribution in [-0.2, 0) is 0 Å². The van der Waals surface area contributed by atoms with Crippen LogP contribution in [0.15, 0.2) is 262 Å². The predicted molar refractivity (Wildman–Crippen MR) is 403 cm³/mol. The highest BCUT2D eigenvalue weighted by Gasteiger charge is 2.49. The molecule has 0 spiro atoms. The third-order valence-corrected chi connectivity index (χ3v) is 21.9. The maximum absolute atomic E-state index is 7.72. The summed E-state index contributed by atoms with van der Waals surface area (Å²) in [5, 5.41) is 10.4. The van der Waals surface area contributed by atoms with Crippen molar-refractivity contribution in [1.29, 1.82) is 0 Å². The molecule has 23 rings (SSSR count). The fourth-order valence-electron chi connectivity index (χ4n) is 17.9. The summed E-state index contributed by atoms with van der Waals surface area (Å²) in [4.78, 5) is 2.51. The maximum Gasteiger partial charge on any atom is 0.260 e. The Morgan fingerprint density at radius 1 is 0.293 bits per heavy atom. The maximum atomic E-state index is 7.72. The second kappa shape index (κ2) is 19.4. The number of hydrogen-bond acceptors (Lipinski definition) is 9. The Hall–Kier alpha value is -12.5. The molecule has 460 valence electrons. The van der Waals surface area contributed by atoms with Gasteiger partial charge in [-0.15, -0.1) is 0 Å². The first-order chi connectivity index (χ1) is 48.8. The molecule has 0 fully saturated rings. The van der Waals surface area contributed by atoms with Gasteiger partial charge in [-0.1, -0.05) is 175 Å². The summed E-state index contributed by atoms with van der Waals surface area (Å²) < 4.78 is 49.8. The summed E-state index contributed by atoms with van der Waals surface area (Å²) in [6.45, 7) is 5.88. The summed E-state index contributed by atoms with van der Waals surface area (Å²) in [6.07, 6.45) is 0. The van der Waals surface area contributed by atoms with Gasteiger partial charge in [-0.05, 0) is 159 Å². The Morgan fingerprint density at radius 3 is 1.27 bits per heavy atom. The molecule has 0 saturated carbocycles. The average Bonchev–Trinajstić information content (AvgIpc) is 1.03. The van der Waals surface area contributed by atoms with Crippen LogP contribution in [-0.4, -0.2) is 20.1 Å². The lowest BCUT2D eigenvalue weighted by molar-refractivity contribution is 0.465. The molecule has 3 aromatic heterocycles. The number of benzene rings is 14. The number of anilines is 5. The lowest BCUT2D eigenvalue weighted by atomic mass is 9.30. The topological polar surface area (TPSA) is 91.6 Å². The minimum Gasteiger partial charge on any atom is -0.458 e. The number of nitrogens with zero attached hydrogens (tertiary/aromatic N) is 1. The first-order valence-electron chi connectivity index (χ1n) is 33.9. The Labute approximate surface area is 568 Å². The number of furan rings is 3. The molecule has 9 heterocycles.